The minimum absolute atomic E-state index is 0.262. The molecular formula is C19H29NO2. The average Bonchev–Trinajstić information content (AvgIpc) is 2.82. The van der Waals surface area contributed by atoms with Gasteiger partial charge >= 0.3 is 0 Å². The van der Waals surface area contributed by atoms with Crippen molar-refractivity contribution in [3.05, 3.63) is 29.8 Å². The van der Waals surface area contributed by atoms with E-state index in [0.29, 0.717) is 19.1 Å². The number of rotatable bonds is 6. The van der Waals surface area contributed by atoms with E-state index in [0.717, 1.165) is 30.6 Å². The normalized spacial score (nSPS) is 16.1. The van der Waals surface area contributed by atoms with Gasteiger partial charge in [0.05, 0.1) is 6.61 Å². The monoisotopic (exact) mass is 303 g/mol. The molecule has 0 atom stereocenters. The van der Waals surface area contributed by atoms with Gasteiger partial charge in [0.2, 0.25) is 5.91 Å². The van der Waals surface area contributed by atoms with Crippen molar-refractivity contribution >= 4 is 5.91 Å². The molecule has 1 aromatic carbocycles. The summed E-state index contributed by atoms with van der Waals surface area (Å²) >= 11 is 0. The largest absolute Gasteiger partial charge is 0.494 e. The maximum atomic E-state index is 12.5. The molecule has 1 aliphatic rings. The van der Waals surface area contributed by atoms with Crippen molar-refractivity contribution in [3.8, 4) is 5.75 Å². The number of carbonyl (C=O) groups excluding carboxylic acids is 1. The number of benzene rings is 1. The molecular weight excluding hydrogens is 274 g/mol. The first-order valence-electron chi connectivity index (χ1n) is 8.68. The van der Waals surface area contributed by atoms with E-state index in [-0.39, 0.29) is 5.91 Å². The van der Waals surface area contributed by atoms with Crippen molar-refractivity contribution in [2.24, 2.45) is 0 Å². The second-order valence-corrected chi connectivity index (χ2v) is 6.19. The Labute approximate surface area is 134 Å². The van der Waals surface area contributed by atoms with E-state index in [2.05, 4.69) is 6.07 Å². The zero-order chi connectivity index (χ0) is 15.8. The van der Waals surface area contributed by atoms with Gasteiger partial charge in [0.25, 0.3) is 0 Å². The van der Waals surface area contributed by atoms with Gasteiger partial charge in [-0.25, -0.2) is 0 Å². The molecule has 1 aliphatic carbocycles. The summed E-state index contributed by atoms with van der Waals surface area (Å²) in [7, 11) is 1.98. The van der Waals surface area contributed by atoms with Crippen molar-refractivity contribution in [1.82, 2.24) is 4.90 Å². The number of ether oxygens (including phenoxy) is 1. The third-order valence-electron chi connectivity index (χ3n) is 4.65. The van der Waals surface area contributed by atoms with Crippen LogP contribution in [-0.2, 0) is 11.2 Å². The van der Waals surface area contributed by atoms with Crippen LogP contribution in [0.15, 0.2) is 24.3 Å². The van der Waals surface area contributed by atoms with Crippen LogP contribution in [0.5, 0.6) is 5.75 Å². The summed E-state index contributed by atoms with van der Waals surface area (Å²) in [5.74, 6) is 1.17. The summed E-state index contributed by atoms with van der Waals surface area (Å²) in [5.41, 5.74) is 1.13. The van der Waals surface area contributed by atoms with Gasteiger partial charge in [-0.1, -0.05) is 43.9 Å². The van der Waals surface area contributed by atoms with Gasteiger partial charge in [-0.3, -0.25) is 4.79 Å². The molecule has 22 heavy (non-hydrogen) atoms. The predicted octanol–water partition coefficient (Wildman–Crippen LogP) is 4.20. The molecule has 1 aromatic rings. The Kier molecular flexibility index (Phi) is 6.75. The third-order valence-corrected chi connectivity index (χ3v) is 4.65. The van der Waals surface area contributed by atoms with Gasteiger partial charge in [0.15, 0.2) is 0 Å². The van der Waals surface area contributed by atoms with Gasteiger partial charge in [-0.15, -0.1) is 0 Å². The summed E-state index contributed by atoms with van der Waals surface area (Å²) in [4.78, 5) is 14.5. The van der Waals surface area contributed by atoms with E-state index < -0.39 is 0 Å². The number of amides is 1. The maximum absolute atomic E-state index is 12.5. The second-order valence-electron chi connectivity index (χ2n) is 6.19. The van der Waals surface area contributed by atoms with Gasteiger partial charge in [0.1, 0.15) is 5.75 Å². The number of nitrogens with zero attached hydrogens (tertiary/aromatic N) is 1. The SMILES string of the molecule is CCOc1ccccc1CCC(=O)N(C)C1CCCCCC1. The summed E-state index contributed by atoms with van der Waals surface area (Å²) in [6, 6.07) is 8.48. The Morgan fingerprint density at radius 2 is 1.86 bits per heavy atom. The summed E-state index contributed by atoms with van der Waals surface area (Å²) in [6.07, 6.45) is 8.81. The van der Waals surface area contributed by atoms with E-state index in [1.807, 2.05) is 37.1 Å². The Morgan fingerprint density at radius 3 is 2.55 bits per heavy atom. The highest BCUT2D eigenvalue weighted by molar-refractivity contribution is 5.76. The van der Waals surface area contributed by atoms with E-state index >= 15 is 0 Å². The molecule has 0 unspecified atom stereocenters. The highest BCUT2D eigenvalue weighted by atomic mass is 16.5. The Morgan fingerprint density at radius 1 is 1.18 bits per heavy atom. The molecule has 0 aliphatic heterocycles. The zero-order valence-corrected chi connectivity index (χ0v) is 14.0. The third kappa shape index (κ3) is 4.75. The molecule has 0 radical (unpaired) electrons. The molecule has 0 heterocycles. The number of hydrogen-bond acceptors (Lipinski definition) is 2. The lowest BCUT2D eigenvalue weighted by Crippen LogP contribution is -2.36. The predicted molar refractivity (Wildman–Crippen MR) is 90.2 cm³/mol. The second kappa shape index (κ2) is 8.82. The first-order valence-corrected chi connectivity index (χ1v) is 8.68. The molecule has 0 saturated heterocycles. The average molecular weight is 303 g/mol. The van der Waals surface area contributed by atoms with Gasteiger partial charge < -0.3 is 9.64 Å². The standard InChI is InChI=1S/C19H29NO2/c1-3-22-18-13-9-8-10-16(18)14-15-19(21)20(2)17-11-6-4-5-7-12-17/h8-10,13,17H,3-7,11-12,14-15H2,1-2H3. The highest BCUT2D eigenvalue weighted by Crippen LogP contribution is 2.23. The quantitative estimate of drug-likeness (QED) is 0.737. The summed E-state index contributed by atoms with van der Waals surface area (Å²) in [5, 5.41) is 0. The molecule has 1 fully saturated rings. The van der Waals surface area contributed by atoms with Crippen molar-refractivity contribution in [2.45, 2.75) is 64.3 Å². The number of hydrogen-bond donors (Lipinski definition) is 0. The topological polar surface area (TPSA) is 29.5 Å². The smallest absolute Gasteiger partial charge is 0.222 e. The van der Waals surface area contributed by atoms with Crippen LogP contribution in [0.3, 0.4) is 0 Å². The fraction of sp³-hybridized carbons (Fsp3) is 0.632. The van der Waals surface area contributed by atoms with Gasteiger partial charge in [0, 0.05) is 19.5 Å². The van der Waals surface area contributed by atoms with Crippen LogP contribution in [0, 0.1) is 0 Å². The van der Waals surface area contributed by atoms with E-state index in [4.69, 9.17) is 4.74 Å². The number of para-hydroxylation sites is 1. The summed E-state index contributed by atoms with van der Waals surface area (Å²) < 4.78 is 5.64. The lowest BCUT2D eigenvalue weighted by molar-refractivity contribution is -0.132. The molecule has 0 aromatic heterocycles. The number of aryl methyl sites for hydroxylation is 1. The van der Waals surface area contributed by atoms with Gasteiger partial charge in [-0.05, 0) is 37.8 Å². The Bertz CT molecular complexity index is 464. The molecule has 3 heteroatoms. The Balaban J connectivity index is 1.89. The molecule has 2 rings (SSSR count). The van der Waals surface area contributed by atoms with Crippen LogP contribution in [0.25, 0.3) is 0 Å². The lowest BCUT2D eigenvalue weighted by atomic mass is 10.1. The van der Waals surface area contributed by atoms with Crippen molar-refractivity contribution < 1.29 is 9.53 Å². The maximum Gasteiger partial charge on any atom is 0.222 e. The van der Waals surface area contributed by atoms with Crippen molar-refractivity contribution in [1.29, 1.82) is 0 Å². The van der Waals surface area contributed by atoms with Crippen LogP contribution in [0.4, 0.5) is 0 Å². The highest BCUT2D eigenvalue weighted by Gasteiger charge is 2.21. The first kappa shape index (κ1) is 16.9. The molecule has 0 spiro atoms. The first-order chi connectivity index (χ1) is 10.7. The van der Waals surface area contributed by atoms with Crippen LogP contribution >= 0.6 is 0 Å². The van der Waals surface area contributed by atoms with Crippen molar-refractivity contribution in [2.75, 3.05) is 13.7 Å². The molecule has 122 valence electrons. The molecule has 1 amide bonds. The number of carbonyl (C=O) groups is 1. The summed E-state index contributed by atoms with van der Waals surface area (Å²) in [6.45, 7) is 2.65. The van der Waals surface area contributed by atoms with Crippen LogP contribution in [-0.4, -0.2) is 30.5 Å². The van der Waals surface area contributed by atoms with Crippen LogP contribution < -0.4 is 4.74 Å². The van der Waals surface area contributed by atoms with Crippen molar-refractivity contribution in [3.63, 3.8) is 0 Å². The zero-order valence-electron chi connectivity index (χ0n) is 14.0. The molecule has 3 nitrogen and oxygen atoms in total. The van der Waals surface area contributed by atoms with Crippen LogP contribution in [0.2, 0.25) is 0 Å². The van der Waals surface area contributed by atoms with E-state index in [1.165, 1.54) is 25.7 Å². The van der Waals surface area contributed by atoms with E-state index in [1.54, 1.807) is 0 Å². The Hall–Kier alpha value is -1.51. The molecule has 1 saturated carbocycles. The molecule has 0 bridgehead atoms. The minimum Gasteiger partial charge on any atom is -0.494 e. The van der Waals surface area contributed by atoms with Gasteiger partial charge in [-0.2, -0.15) is 0 Å². The lowest BCUT2D eigenvalue weighted by Gasteiger charge is -2.27. The fourth-order valence-electron chi connectivity index (χ4n) is 3.27. The fourth-order valence-corrected chi connectivity index (χ4v) is 3.27. The van der Waals surface area contributed by atoms with E-state index in [9.17, 15) is 4.79 Å². The molecule has 0 N–H and O–H groups in total. The van der Waals surface area contributed by atoms with Crippen LogP contribution in [0.1, 0.15) is 57.4 Å². The minimum atomic E-state index is 0.262.